The molecule has 8 nitrogen and oxygen atoms in total. The van der Waals surface area contributed by atoms with E-state index < -0.39 is 33.5 Å². The Morgan fingerprint density at radius 3 is 2.61 bits per heavy atom. The molecule has 0 unspecified atom stereocenters. The number of anilines is 1. The summed E-state index contributed by atoms with van der Waals surface area (Å²) >= 11 is 0. The molecule has 3 rings (SSSR count). The van der Waals surface area contributed by atoms with Crippen LogP contribution >= 0.6 is 0 Å². The van der Waals surface area contributed by atoms with Gasteiger partial charge in [-0.2, -0.15) is 0 Å². The highest BCUT2D eigenvalue weighted by Crippen LogP contribution is 2.33. The zero-order valence-corrected chi connectivity index (χ0v) is 20.2. The molecule has 1 aromatic heterocycles. The summed E-state index contributed by atoms with van der Waals surface area (Å²) in [4.78, 5) is 29.8. The van der Waals surface area contributed by atoms with Crippen LogP contribution in [0.1, 0.15) is 45.9 Å². The van der Waals surface area contributed by atoms with E-state index in [1.165, 1.54) is 12.1 Å². The van der Waals surface area contributed by atoms with E-state index in [0.29, 0.717) is 28.9 Å². The van der Waals surface area contributed by atoms with Gasteiger partial charge in [0.25, 0.3) is 0 Å². The van der Waals surface area contributed by atoms with Gasteiger partial charge in [-0.25, -0.2) is 13.2 Å². The molecule has 0 fully saturated rings. The molecule has 9 heteroatoms. The second-order valence-electron chi connectivity index (χ2n) is 9.09. The van der Waals surface area contributed by atoms with Crippen molar-refractivity contribution in [3.05, 3.63) is 54.4 Å². The lowest BCUT2D eigenvalue weighted by Crippen LogP contribution is -2.35. The number of benzene rings is 1. The van der Waals surface area contributed by atoms with Crippen molar-refractivity contribution in [2.75, 3.05) is 11.6 Å². The summed E-state index contributed by atoms with van der Waals surface area (Å²) in [7, 11) is -3.46. The smallest absolute Gasteiger partial charge is 0.408 e. The quantitative estimate of drug-likeness (QED) is 0.633. The second kappa shape index (κ2) is 9.35. The van der Waals surface area contributed by atoms with E-state index in [1.807, 2.05) is 6.08 Å². The second-order valence-corrected chi connectivity index (χ2v) is 11.1. The minimum atomic E-state index is -3.46. The molecular weight excluding hydrogens is 442 g/mol. The van der Waals surface area contributed by atoms with Crippen molar-refractivity contribution in [1.82, 2.24) is 10.3 Å². The maximum atomic E-state index is 12.7. The fraction of sp³-hybridized carbons (Fsp3) is 0.375. The van der Waals surface area contributed by atoms with Crippen LogP contribution in [-0.4, -0.2) is 37.3 Å². The predicted octanol–water partition coefficient (Wildman–Crippen LogP) is 4.25. The molecule has 176 valence electrons. The number of pyridine rings is 1. The monoisotopic (exact) mass is 471 g/mol. The third-order valence-corrected chi connectivity index (χ3v) is 6.14. The molecule has 1 aliphatic heterocycles. The van der Waals surface area contributed by atoms with Crippen molar-refractivity contribution in [1.29, 1.82) is 0 Å². The Balaban J connectivity index is 2.12. The Hall–Kier alpha value is -3.20. The minimum Gasteiger partial charge on any atom is -0.444 e. The van der Waals surface area contributed by atoms with E-state index in [0.717, 1.165) is 6.26 Å². The van der Waals surface area contributed by atoms with Crippen LogP contribution in [0, 0.1) is 5.92 Å². The standard InChI is InChI=1S/C24H29N3O5S/c1-15-7-6-8-20(27-23(29)32-24(2,3)4)21-13-16(11-12-25-21)18-14-17(33(5,30)31)9-10-19(18)26-22(15)28/h6-7,9-15,20H,8H2,1-5H3,(H,26,28)(H,27,29)/b7-6-/t15-,20+/m1/s1. The number of nitrogens with one attached hydrogen (secondary N) is 2. The normalized spacial score (nSPS) is 19.8. The molecule has 2 atom stereocenters. The molecule has 2 N–H and O–H groups in total. The Morgan fingerprint density at radius 1 is 1.21 bits per heavy atom. The molecule has 0 saturated carbocycles. The van der Waals surface area contributed by atoms with Crippen LogP contribution in [0.4, 0.5) is 10.5 Å². The van der Waals surface area contributed by atoms with Crippen molar-refractivity contribution in [2.24, 2.45) is 5.92 Å². The third-order valence-electron chi connectivity index (χ3n) is 5.03. The number of amides is 2. The summed E-state index contributed by atoms with van der Waals surface area (Å²) in [6.07, 6.45) is 6.12. The van der Waals surface area contributed by atoms with E-state index >= 15 is 0 Å². The van der Waals surface area contributed by atoms with Gasteiger partial charge in [0.05, 0.1) is 22.5 Å². The first kappa shape index (κ1) is 24.4. The summed E-state index contributed by atoms with van der Waals surface area (Å²) in [5.74, 6) is -0.675. The number of fused-ring (bicyclic) bond motifs is 4. The zero-order valence-electron chi connectivity index (χ0n) is 19.4. The molecule has 2 heterocycles. The van der Waals surface area contributed by atoms with E-state index in [-0.39, 0.29) is 10.8 Å². The van der Waals surface area contributed by atoms with Crippen LogP contribution in [0.25, 0.3) is 11.1 Å². The van der Waals surface area contributed by atoms with Gasteiger partial charge in [-0.1, -0.05) is 19.1 Å². The fourth-order valence-corrected chi connectivity index (χ4v) is 4.01. The third kappa shape index (κ3) is 6.41. The van der Waals surface area contributed by atoms with E-state index in [1.54, 1.807) is 58.2 Å². The van der Waals surface area contributed by atoms with Crippen molar-refractivity contribution < 1.29 is 22.7 Å². The molecule has 0 aliphatic carbocycles. The van der Waals surface area contributed by atoms with E-state index in [4.69, 9.17) is 4.74 Å². The molecule has 0 radical (unpaired) electrons. The first-order chi connectivity index (χ1) is 15.3. The SMILES string of the molecule is C[C@@H]1/C=C\C[C@H](NC(=O)OC(C)(C)C)c2cc(ccn2)-c2cc(S(C)(=O)=O)ccc2NC1=O. The van der Waals surface area contributed by atoms with Crippen LogP contribution in [0.3, 0.4) is 0 Å². The van der Waals surface area contributed by atoms with Gasteiger partial charge in [0.2, 0.25) is 5.91 Å². The number of carbonyl (C=O) groups excluding carboxylic acids is 2. The van der Waals surface area contributed by atoms with Crippen molar-refractivity contribution in [3.8, 4) is 11.1 Å². The Labute approximate surface area is 194 Å². The summed E-state index contributed by atoms with van der Waals surface area (Å²) in [5, 5.41) is 5.74. The highest BCUT2D eigenvalue weighted by molar-refractivity contribution is 7.90. The number of hydrogen-bond acceptors (Lipinski definition) is 6. The van der Waals surface area contributed by atoms with Gasteiger partial charge in [0, 0.05) is 23.7 Å². The maximum absolute atomic E-state index is 12.7. The molecule has 2 bridgehead atoms. The van der Waals surface area contributed by atoms with Gasteiger partial charge in [-0.3, -0.25) is 9.78 Å². The molecule has 33 heavy (non-hydrogen) atoms. The number of hydrogen-bond donors (Lipinski definition) is 2. The summed E-state index contributed by atoms with van der Waals surface area (Å²) in [5.41, 5.74) is 1.62. The number of aromatic nitrogens is 1. The van der Waals surface area contributed by atoms with Crippen molar-refractivity contribution >= 4 is 27.5 Å². The molecule has 0 saturated heterocycles. The first-order valence-electron chi connectivity index (χ1n) is 10.6. The summed E-state index contributed by atoms with van der Waals surface area (Å²) < 4.78 is 29.7. The average Bonchev–Trinajstić information content (AvgIpc) is 2.70. The van der Waals surface area contributed by atoms with Crippen molar-refractivity contribution in [3.63, 3.8) is 0 Å². The number of rotatable bonds is 2. The number of sulfone groups is 1. The van der Waals surface area contributed by atoms with E-state index in [9.17, 15) is 18.0 Å². The fourth-order valence-electron chi connectivity index (χ4n) is 3.36. The van der Waals surface area contributed by atoms with Gasteiger partial charge in [-0.05, 0) is 63.1 Å². The molecular formula is C24H29N3O5S. The van der Waals surface area contributed by atoms with Crippen molar-refractivity contribution in [2.45, 2.75) is 50.7 Å². The van der Waals surface area contributed by atoms with Gasteiger partial charge >= 0.3 is 6.09 Å². The summed E-state index contributed by atoms with van der Waals surface area (Å²) in [6.45, 7) is 7.10. The van der Waals surface area contributed by atoms with Crippen LogP contribution in [0.5, 0.6) is 0 Å². The maximum Gasteiger partial charge on any atom is 0.408 e. The van der Waals surface area contributed by atoms with Crippen LogP contribution < -0.4 is 10.6 Å². The largest absolute Gasteiger partial charge is 0.444 e. The molecule has 0 spiro atoms. The average molecular weight is 472 g/mol. The number of alkyl carbamates (subject to hydrolysis) is 1. The Morgan fingerprint density at radius 2 is 1.94 bits per heavy atom. The Bertz CT molecular complexity index is 1200. The number of nitrogens with zero attached hydrogens (tertiary/aromatic N) is 1. The lowest BCUT2D eigenvalue weighted by Gasteiger charge is -2.24. The molecule has 1 aliphatic rings. The molecule has 2 amide bonds. The number of ether oxygens (including phenoxy) is 1. The Kier molecular flexibility index (Phi) is 6.92. The first-order valence-corrected chi connectivity index (χ1v) is 12.5. The predicted molar refractivity (Wildman–Crippen MR) is 126 cm³/mol. The summed E-state index contributed by atoms with van der Waals surface area (Å²) in [6, 6.07) is 7.59. The van der Waals surface area contributed by atoms with E-state index in [2.05, 4.69) is 15.6 Å². The van der Waals surface area contributed by atoms with Crippen LogP contribution in [-0.2, 0) is 19.4 Å². The molecule has 1 aromatic carbocycles. The lowest BCUT2D eigenvalue weighted by molar-refractivity contribution is -0.118. The van der Waals surface area contributed by atoms with Crippen LogP contribution in [0.2, 0.25) is 0 Å². The van der Waals surface area contributed by atoms with Gasteiger partial charge in [-0.15, -0.1) is 0 Å². The minimum absolute atomic E-state index is 0.136. The van der Waals surface area contributed by atoms with Crippen LogP contribution in [0.15, 0.2) is 53.6 Å². The molecule has 2 aromatic rings. The van der Waals surface area contributed by atoms with Gasteiger partial charge in [0.1, 0.15) is 5.60 Å². The highest BCUT2D eigenvalue weighted by atomic mass is 32.2. The topological polar surface area (TPSA) is 114 Å². The zero-order chi connectivity index (χ0) is 24.4. The van der Waals surface area contributed by atoms with Gasteiger partial charge < -0.3 is 15.4 Å². The highest BCUT2D eigenvalue weighted by Gasteiger charge is 2.23. The number of carbonyl (C=O) groups is 2. The lowest BCUT2D eigenvalue weighted by atomic mass is 9.99. The van der Waals surface area contributed by atoms with Gasteiger partial charge in [0.15, 0.2) is 9.84 Å².